The zero-order chi connectivity index (χ0) is 25.9. The van der Waals surface area contributed by atoms with Crippen molar-refractivity contribution in [2.24, 2.45) is 16.5 Å². The maximum Gasteiger partial charge on any atom is 0.280 e. The molecule has 3 aromatic carbocycles. The van der Waals surface area contributed by atoms with Crippen LogP contribution in [0.4, 0.5) is 11.5 Å². The molecule has 0 amide bonds. The minimum absolute atomic E-state index is 0.153. The van der Waals surface area contributed by atoms with Gasteiger partial charge in [-0.2, -0.15) is 4.57 Å². The van der Waals surface area contributed by atoms with E-state index in [9.17, 15) is 0 Å². The summed E-state index contributed by atoms with van der Waals surface area (Å²) >= 11 is 1.89. The van der Waals surface area contributed by atoms with Gasteiger partial charge in [-0.1, -0.05) is 60.3 Å². The van der Waals surface area contributed by atoms with Crippen molar-refractivity contribution in [3.05, 3.63) is 95.0 Å². The van der Waals surface area contributed by atoms with Crippen molar-refractivity contribution in [2.75, 3.05) is 29.9 Å². The van der Waals surface area contributed by atoms with E-state index < -0.39 is 0 Å². The Morgan fingerprint density at radius 2 is 1.84 bits per heavy atom. The molecule has 6 rings (SSSR count). The van der Waals surface area contributed by atoms with Crippen LogP contribution < -0.4 is 26.3 Å². The summed E-state index contributed by atoms with van der Waals surface area (Å²) in [6.07, 6.45) is 6.62. The summed E-state index contributed by atoms with van der Waals surface area (Å²) in [4.78, 5) is 8.00. The largest absolute Gasteiger partial charge is 0.370 e. The topological polar surface area (TPSA) is 83.5 Å². The minimum atomic E-state index is 0.153. The molecule has 0 saturated carbocycles. The normalized spacial score (nSPS) is 15.1. The summed E-state index contributed by atoms with van der Waals surface area (Å²) in [5.41, 5.74) is 17.4. The van der Waals surface area contributed by atoms with Crippen molar-refractivity contribution < 1.29 is 4.57 Å². The Labute approximate surface area is 228 Å². The molecular weight excluding hydrogens is 488 g/mol. The number of thioether (sulfide) groups is 1. The third-order valence-electron chi connectivity index (χ3n) is 7.13. The molecule has 0 spiro atoms. The first-order chi connectivity index (χ1) is 18.7. The van der Waals surface area contributed by atoms with Crippen molar-refractivity contribution in [3.8, 4) is 5.69 Å². The molecule has 2 aliphatic rings. The lowest BCUT2D eigenvalue weighted by atomic mass is 10.0. The van der Waals surface area contributed by atoms with Gasteiger partial charge in [-0.15, -0.1) is 0 Å². The zero-order valence-corrected chi connectivity index (χ0v) is 22.3. The summed E-state index contributed by atoms with van der Waals surface area (Å²) in [5, 5.41) is 6.26. The standard InChI is InChI=1S/C31H32N6S/c32-31(33)35-18-7-6-17-34-28-20-23(21-29-36-19-9-11-22-10-8-16-27(38-29)30(22)36)25-14-4-5-15-26(25)37(28)24-12-2-1-3-13-24/h1-5,8,10,12-16,20-21H,6-7,9,11,17-19H2,(H4,32,33,35)/p+1. The van der Waals surface area contributed by atoms with Crippen LogP contribution in [0.25, 0.3) is 22.7 Å². The first-order valence-corrected chi connectivity index (χ1v) is 14.1. The molecule has 0 radical (unpaired) electrons. The van der Waals surface area contributed by atoms with E-state index in [2.05, 4.69) is 105 Å². The molecule has 6 nitrogen and oxygen atoms in total. The van der Waals surface area contributed by atoms with E-state index >= 15 is 0 Å². The molecular formula is C31H33N6S+. The third-order valence-corrected chi connectivity index (χ3v) is 8.23. The van der Waals surface area contributed by atoms with Crippen molar-refractivity contribution in [2.45, 2.75) is 30.6 Å². The van der Waals surface area contributed by atoms with E-state index in [1.54, 1.807) is 0 Å². The van der Waals surface area contributed by atoms with Crippen molar-refractivity contribution >= 4 is 46.2 Å². The smallest absolute Gasteiger partial charge is 0.280 e. The van der Waals surface area contributed by atoms with Gasteiger partial charge in [0.1, 0.15) is 11.2 Å². The molecule has 5 N–H and O–H groups in total. The SMILES string of the molecule is NC(N)=NCCCCNc1cc(C=C2Sc3cccc4c3N2CCC4)c2ccccc2[n+]1-c1ccccc1. The van der Waals surface area contributed by atoms with Gasteiger partial charge in [0.15, 0.2) is 5.96 Å². The van der Waals surface area contributed by atoms with Crippen LogP contribution in [0.3, 0.4) is 0 Å². The number of nitrogens with one attached hydrogen (secondary N) is 1. The minimum Gasteiger partial charge on any atom is -0.370 e. The van der Waals surface area contributed by atoms with Gasteiger partial charge in [0.25, 0.3) is 5.82 Å². The predicted molar refractivity (Wildman–Crippen MR) is 160 cm³/mol. The highest BCUT2D eigenvalue weighted by atomic mass is 32.2. The van der Waals surface area contributed by atoms with Crippen molar-refractivity contribution in [1.82, 2.24) is 0 Å². The van der Waals surface area contributed by atoms with Crippen LogP contribution >= 0.6 is 11.8 Å². The van der Waals surface area contributed by atoms with E-state index in [4.69, 9.17) is 11.5 Å². The Morgan fingerprint density at radius 1 is 1.00 bits per heavy atom. The van der Waals surface area contributed by atoms with E-state index in [0.717, 1.165) is 43.9 Å². The molecule has 3 heterocycles. The van der Waals surface area contributed by atoms with Gasteiger partial charge in [0.2, 0.25) is 0 Å². The zero-order valence-electron chi connectivity index (χ0n) is 21.4. The lowest BCUT2D eigenvalue weighted by Crippen LogP contribution is -2.36. The molecule has 0 fully saturated rings. The molecule has 0 saturated heterocycles. The fraction of sp³-hybridized carbons (Fsp3) is 0.226. The summed E-state index contributed by atoms with van der Waals surface area (Å²) < 4.78 is 2.32. The second-order valence-electron chi connectivity index (χ2n) is 9.72. The number of nitrogens with zero attached hydrogens (tertiary/aromatic N) is 3. The molecule has 0 atom stereocenters. The Balaban J connectivity index is 1.41. The number of guanidine groups is 1. The van der Waals surface area contributed by atoms with Crippen molar-refractivity contribution in [3.63, 3.8) is 0 Å². The van der Waals surface area contributed by atoms with Crippen LogP contribution in [0, 0.1) is 0 Å². The van der Waals surface area contributed by atoms with Crippen LogP contribution in [0.1, 0.15) is 30.4 Å². The number of nitrogens with two attached hydrogens (primary N) is 2. The highest BCUT2D eigenvalue weighted by molar-refractivity contribution is 8.03. The van der Waals surface area contributed by atoms with Gasteiger partial charge in [-0.05, 0) is 67.2 Å². The number of hydrogen-bond acceptors (Lipinski definition) is 4. The summed E-state index contributed by atoms with van der Waals surface area (Å²) in [5.74, 6) is 1.23. The Morgan fingerprint density at radius 3 is 2.71 bits per heavy atom. The fourth-order valence-corrected chi connectivity index (χ4v) is 6.61. The van der Waals surface area contributed by atoms with E-state index in [1.807, 2.05) is 11.8 Å². The Hall–Kier alpha value is -3.97. The number of unbranched alkanes of at least 4 members (excludes halogenated alkanes) is 1. The summed E-state index contributed by atoms with van der Waals surface area (Å²) in [6.45, 7) is 2.54. The average Bonchev–Trinajstić information content (AvgIpc) is 3.30. The number of hydrogen-bond donors (Lipinski definition) is 3. The molecule has 0 bridgehead atoms. The number of pyridine rings is 1. The number of aromatic nitrogens is 1. The fourth-order valence-electron chi connectivity index (χ4n) is 5.42. The van der Waals surface area contributed by atoms with E-state index in [0.29, 0.717) is 6.54 Å². The predicted octanol–water partition coefficient (Wildman–Crippen LogP) is 5.44. The summed E-state index contributed by atoms with van der Waals surface area (Å²) in [6, 6.07) is 28.3. The lowest BCUT2D eigenvalue weighted by molar-refractivity contribution is -0.551. The maximum atomic E-state index is 5.48. The molecule has 0 unspecified atom stereocenters. The van der Waals surface area contributed by atoms with Crippen LogP contribution in [-0.4, -0.2) is 25.6 Å². The maximum absolute atomic E-state index is 5.48. The number of fused-ring (bicyclic) bond motifs is 1. The highest BCUT2D eigenvalue weighted by Crippen LogP contribution is 2.50. The first kappa shape index (κ1) is 24.4. The van der Waals surface area contributed by atoms with Gasteiger partial charge in [-0.3, -0.25) is 10.3 Å². The number of benzene rings is 3. The van der Waals surface area contributed by atoms with Crippen LogP contribution in [0.2, 0.25) is 0 Å². The van der Waals surface area contributed by atoms with Crippen LogP contribution in [-0.2, 0) is 6.42 Å². The molecule has 192 valence electrons. The first-order valence-electron chi connectivity index (χ1n) is 13.3. The Kier molecular flexibility index (Phi) is 6.92. The number of anilines is 2. The molecule has 2 aliphatic heterocycles. The van der Waals surface area contributed by atoms with E-state index in [-0.39, 0.29) is 5.96 Å². The number of aryl methyl sites for hydroxylation is 1. The second-order valence-corrected chi connectivity index (χ2v) is 10.8. The second kappa shape index (κ2) is 10.8. The molecule has 38 heavy (non-hydrogen) atoms. The van der Waals surface area contributed by atoms with E-state index in [1.165, 1.54) is 44.1 Å². The van der Waals surface area contributed by atoms with Crippen molar-refractivity contribution in [1.29, 1.82) is 0 Å². The van der Waals surface area contributed by atoms with Gasteiger partial charge < -0.3 is 16.4 Å². The van der Waals surface area contributed by atoms with Gasteiger partial charge in [0.05, 0.1) is 17.3 Å². The molecule has 7 heteroatoms. The molecule has 1 aromatic heterocycles. The van der Waals surface area contributed by atoms with Gasteiger partial charge in [0, 0.05) is 29.4 Å². The monoisotopic (exact) mass is 521 g/mol. The lowest BCUT2D eigenvalue weighted by Gasteiger charge is -2.27. The summed E-state index contributed by atoms with van der Waals surface area (Å²) in [7, 11) is 0. The number of para-hydroxylation sites is 3. The Bertz CT molecular complexity index is 1520. The quantitative estimate of drug-likeness (QED) is 0.124. The highest BCUT2D eigenvalue weighted by Gasteiger charge is 2.30. The van der Waals surface area contributed by atoms with Crippen LogP contribution in [0.5, 0.6) is 0 Å². The number of rotatable bonds is 8. The van der Waals surface area contributed by atoms with Crippen LogP contribution in [0.15, 0.2) is 93.8 Å². The van der Waals surface area contributed by atoms with Gasteiger partial charge >= 0.3 is 0 Å². The molecule has 0 aliphatic carbocycles. The average molecular weight is 522 g/mol. The molecule has 4 aromatic rings. The van der Waals surface area contributed by atoms with Gasteiger partial charge in [-0.25, -0.2) is 0 Å². The third kappa shape index (κ3) is 4.82. The number of aliphatic imine (C=N–C) groups is 1.